The molecule has 26 heavy (non-hydrogen) atoms. The zero-order chi connectivity index (χ0) is 18.9. The second kappa shape index (κ2) is 9.36. The molecule has 6 nitrogen and oxygen atoms in total. The number of nitrogens with one attached hydrogen (secondary N) is 1. The number of benzene rings is 1. The van der Waals surface area contributed by atoms with E-state index in [0.717, 1.165) is 16.9 Å². The van der Waals surface area contributed by atoms with Crippen LogP contribution in [0.5, 0.6) is 5.75 Å². The Morgan fingerprint density at radius 1 is 1.19 bits per heavy atom. The van der Waals surface area contributed by atoms with Crippen LogP contribution in [0, 0.1) is 0 Å². The van der Waals surface area contributed by atoms with Gasteiger partial charge >= 0.3 is 0 Å². The van der Waals surface area contributed by atoms with Crippen LogP contribution in [-0.2, 0) is 16.1 Å². The van der Waals surface area contributed by atoms with Crippen LogP contribution in [0.2, 0.25) is 0 Å². The second-order valence-corrected chi connectivity index (χ2v) is 5.89. The maximum atomic E-state index is 12.4. The minimum absolute atomic E-state index is 0.159. The topological polar surface area (TPSA) is 71.5 Å². The molecule has 1 aromatic carbocycles. The Labute approximate surface area is 153 Å². The summed E-state index contributed by atoms with van der Waals surface area (Å²) in [5.41, 5.74) is 1.85. The molecule has 136 valence electrons. The molecule has 0 bridgehead atoms. The molecule has 0 fully saturated rings. The summed E-state index contributed by atoms with van der Waals surface area (Å²) in [4.78, 5) is 29.9. The quantitative estimate of drug-likeness (QED) is 0.775. The molecule has 1 unspecified atom stereocenters. The lowest BCUT2D eigenvalue weighted by Gasteiger charge is -2.21. The van der Waals surface area contributed by atoms with E-state index in [0.29, 0.717) is 6.54 Å². The molecule has 0 aliphatic carbocycles. The van der Waals surface area contributed by atoms with Gasteiger partial charge in [-0.25, -0.2) is 0 Å². The van der Waals surface area contributed by atoms with E-state index in [9.17, 15) is 9.59 Å². The van der Waals surface area contributed by atoms with Gasteiger partial charge < -0.3 is 15.0 Å². The first-order valence-electron chi connectivity index (χ1n) is 8.26. The van der Waals surface area contributed by atoms with Gasteiger partial charge in [-0.2, -0.15) is 0 Å². The van der Waals surface area contributed by atoms with Crippen LogP contribution in [0.3, 0.4) is 0 Å². The van der Waals surface area contributed by atoms with Crippen molar-refractivity contribution >= 4 is 17.9 Å². The van der Waals surface area contributed by atoms with Crippen LogP contribution < -0.4 is 10.1 Å². The molecule has 2 aromatic rings. The number of carbonyl (C=O) groups is 2. The molecule has 1 heterocycles. The zero-order valence-corrected chi connectivity index (χ0v) is 15.2. The number of likely N-dealkylation sites (N-methyl/N-ethyl adjacent to an activating group) is 1. The summed E-state index contributed by atoms with van der Waals surface area (Å²) in [6.45, 7) is 2.13. The first-order valence-corrected chi connectivity index (χ1v) is 8.26. The predicted molar refractivity (Wildman–Crippen MR) is 100 cm³/mol. The third-order valence-corrected chi connectivity index (χ3v) is 3.82. The van der Waals surface area contributed by atoms with E-state index in [1.54, 1.807) is 44.5 Å². The van der Waals surface area contributed by atoms with Crippen LogP contribution >= 0.6 is 0 Å². The Hall–Kier alpha value is -3.15. The van der Waals surface area contributed by atoms with Crippen LogP contribution in [0.1, 0.15) is 18.1 Å². The van der Waals surface area contributed by atoms with E-state index < -0.39 is 6.04 Å². The highest BCUT2D eigenvalue weighted by Crippen LogP contribution is 2.12. The lowest BCUT2D eigenvalue weighted by molar-refractivity contribution is -0.134. The van der Waals surface area contributed by atoms with Gasteiger partial charge in [0, 0.05) is 32.1 Å². The molecule has 0 spiro atoms. The molecule has 1 aromatic heterocycles. The maximum Gasteiger partial charge on any atom is 0.244 e. The van der Waals surface area contributed by atoms with E-state index in [1.807, 2.05) is 36.4 Å². The average molecular weight is 353 g/mol. The van der Waals surface area contributed by atoms with Crippen molar-refractivity contribution in [3.63, 3.8) is 0 Å². The fraction of sp³-hybridized carbons (Fsp3) is 0.250. The minimum Gasteiger partial charge on any atom is -0.497 e. The molecule has 0 saturated carbocycles. The Kier molecular flexibility index (Phi) is 6.91. The third kappa shape index (κ3) is 5.73. The monoisotopic (exact) mass is 353 g/mol. The number of aromatic nitrogens is 1. The summed E-state index contributed by atoms with van der Waals surface area (Å²) in [7, 11) is 3.31. The van der Waals surface area contributed by atoms with Crippen LogP contribution in [-0.4, -0.2) is 41.9 Å². The number of hydrogen-bond donors (Lipinski definition) is 1. The van der Waals surface area contributed by atoms with Gasteiger partial charge in [0.2, 0.25) is 11.8 Å². The number of nitrogens with zero attached hydrogens (tertiary/aromatic N) is 2. The van der Waals surface area contributed by atoms with Gasteiger partial charge in [-0.15, -0.1) is 0 Å². The Morgan fingerprint density at radius 2 is 1.85 bits per heavy atom. The van der Waals surface area contributed by atoms with Gasteiger partial charge in [-0.1, -0.05) is 12.1 Å². The summed E-state index contributed by atoms with van der Waals surface area (Å²) >= 11 is 0. The summed E-state index contributed by atoms with van der Waals surface area (Å²) in [5, 5.41) is 2.69. The lowest BCUT2D eigenvalue weighted by Crippen LogP contribution is -2.44. The van der Waals surface area contributed by atoms with E-state index >= 15 is 0 Å². The molecular weight excluding hydrogens is 330 g/mol. The van der Waals surface area contributed by atoms with Gasteiger partial charge in [0.05, 0.1) is 7.11 Å². The summed E-state index contributed by atoms with van der Waals surface area (Å²) in [5.74, 6) is 0.273. The Morgan fingerprint density at radius 3 is 2.46 bits per heavy atom. The zero-order valence-electron chi connectivity index (χ0n) is 15.2. The van der Waals surface area contributed by atoms with Crippen molar-refractivity contribution in [2.45, 2.75) is 19.5 Å². The SMILES string of the molecule is COc1ccc(/C=C/C(=O)NC(C)C(=O)N(C)Cc2ccncc2)cc1. The van der Waals surface area contributed by atoms with E-state index in [4.69, 9.17) is 4.74 Å². The number of rotatable bonds is 7. The van der Waals surface area contributed by atoms with Gasteiger partial charge in [0.1, 0.15) is 11.8 Å². The van der Waals surface area contributed by atoms with Gasteiger partial charge in [-0.3, -0.25) is 14.6 Å². The maximum absolute atomic E-state index is 12.4. The van der Waals surface area contributed by atoms with E-state index in [2.05, 4.69) is 10.3 Å². The number of hydrogen-bond acceptors (Lipinski definition) is 4. The Bertz CT molecular complexity index is 758. The molecule has 0 radical (unpaired) electrons. The van der Waals surface area contributed by atoms with Crippen molar-refractivity contribution in [3.8, 4) is 5.75 Å². The Balaban J connectivity index is 1.86. The van der Waals surface area contributed by atoms with E-state index in [1.165, 1.54) is 6.08 Å². The first kappa shape index (κ1) is 19.2. The summed E-state index contributed by atoms with van der Waals surface area (Å²) in [6, 6.07) is 10.4. The van der Waals surface area contributed by atoms with Crippen molar-refractivity contribution in [3.05, 3.63) is 66.0 Å². The molecule has 2 amide bonds. The number of pyridine rings is 1. The average Bonchev–Trinajstić information content (AvgIpc) is 2.66. The minimum atomic E-state index is -0.616. The van der Waals surface area contributed by atoms with Crippen molar-refractivity contribution in [1.29, 1.82) is 0 Å². The molecule has 0 aliphatic heterocycles. The molecule has 0 saturated heterocycles. The molecule has 6 heteroatoms. The lowest BCUT2D eigenvalue weighted by atomic mass is 10.2. The highest BCUT2D eigenvalue weighted by atomic mass is 16.5. The normalized spacial score (nSPS) is 11.8. The summed E-state index contributed by atoms with van der Waals surface area (Å²) in [6.07, 6.45) is 6.47. The summed E-state index contributed by atoms with van der Waals surface area (Å²) < 4.78 is 5.09. The first-order chi connectivity index (χ1) is 12.5. The predicted octanol–water partition coefficient (Wildman–Crippen LogP) is 2.27. The van der Waals surface area contributed by atoms with Crippen LogP contribution in [0.4, 0.5) is 0 Å². The number of carbonyl (C=O) groups excluding carboxylic acids is 2. The third-order valence-electron chi connectivity index (χ3n) is 3.82. The number of methoxy groups -OCH3 is 1. The van der Waals surface area contributed by atoms with Crippen LogP contribution in [0.15, 0.2) is 54.9 Å². The van der Waals surface area contributed by atoms with Gasteiger partial charge in [-0.05, 0) is 48.4 Å². The van der Waals surface area contributed by atoms with Crippen molar-refractivity contribution in [1.82, 2.24) is 15.2 Å². The second-order valence-electron chi connectivity index (χ2n) is 5.89. The molecule has 1 atom stereocenters. The highest BCUT2D eigenvalue weighted by molar-refractivity contribution is 5.95. The van der Waals surface area contributed by atoms with Gasteiger partial charge in [0.15, 0.2) is 0 Å². The highest BCUT2D eigenvalue weighted by Gasteiger charge is 2.18. The van der Waals surface area contributed by atoms with Crippen molar-refractivity contribution in [2.24, 2.45) is 0 Å². The van der Waals surface area contributed by atoms with E-state index in [-0.39, 0.29) is 11.8 Å². The molecule has 2 rings (SSSR count). The standard InChI is InChI=1S/C20H23N3O3/c1-15(20(25)23(2)14-17-10-12-21-13-11-17)22-19(24)9-6-16-4-7-18(26-3)8-5-16/h4-13,15H,14H2,1-3H3,(H,22,24)/b9-6+. The fourth-order valence-corrected chi connectivity index (χ4v) is 2.38. The smallest absolute Gasteiger partial charge is 0.244 e. The van der Waals surface area contributed by atoms with Crippen LogP contribution in [0.25, 0.3) is 6.08 Å². The van der Waals surface area contributed by atoms with Gasteiger partial charge in [0.25, 0.3) is 0 Å². The molecular formula is C20H23N3O3. The number of amides is 2. The number of ether oxygens (including phenoxy) is 1. The van der Waals surface area contributed by atoms with Crippen molar-refractivity contribution < 1.29 is 14.3 Å². The van der Waals surface area contributed by atoms with Crippen molar-refractivity contribution in [2.75, 3.05) is 14.2 Å². The molecule has 1 N–H and O–H groups in total. The fourth-order valence-electron chi connectivity index (χ4n) is 2.38. The molecule has 0 aliphatic rings. The largest absolute Gasteiger partial charge is 0.497 e.